The van der Waals surface area contributed by atoms with Crippen LogP contribution in [0.2, 0.25) is 0 Å². The quantitative estimate of drug-likeness (QED) is 0.374. The van der Waals surface area contributed by atoms with Gasteiger partial charge in [-0.25, -0.2) is 20.5 Å². The van der Waals surface area contributed by atoms with E-state index in [0.29, 0.717) is 9.36 Å². The molecule has 0 spiro atoms. The second-order valence-electron chi connectivity index (χ2n) is 3.20. The number of tetrazole rings is 2. The van der Waals surface area contributed by atoms with Crippen LogP contribution in [-0.2, 0) is 9.68 Å². The molecular formula is C6H8N12O4. The van der Waals surface area contributed by atoms with Crippen molar-refractivity contribution in [2.45, 2.75) is 0 Å². The van der Waals surface area contributed by atoms with Gasteiger partial charge in [0, 0.05) is 0 Å². The third-order valence-electron chi connectivity index (χ3n) is 1.90. The summed E-state index contributed by atoms with van der Waals surface area (Å²) < 4.78 is 1.33. The van der Waals surface area contributed by atoms with E-state index in [0.717, 1.165) is 0 Å². The highest BCUT2D eigenvalue weighted by Gasteiger charge is 2.16. The van der Waals surface area contributed by atoms with Gasteiger partial charge in [-0.3, -0.25) is 9.68 Å². The fraction of sp³-hybridized carbons (Fsp3) is 0.333. The number of hydrogen-bond donors (Lipinski definition) is 2. The lowest BCUT2D eigenvalue weighted by atomic mass is 10.9. The van der Waals surface area contributed by atoms with Crippen molar-refractivity contribution in [3.05, 3.63) is 0 Å². The predicted molar refractivity (Wildman–Crippen MR) is 61.7 cm³/mol. The van der Waals surface area contributed by atoms with E-state index in [1.165, 1.54) is 14.2 Å². The minimum atomic E-state index is -0.807. The van der Waals surface area contributed by atoms with Gasteiger partial charge in [-0.2, -0.15) is 0 Å². The highest BCUT2D eigenvalue weighted by atomic mass is 16.6. The summed E-state index contributed by atoms with van der Waals surface area (Å²) in [6.07, 6.45) is 0. The number of carbonyl (C=O) groups is 2. The second kappa shape index (κ2) is 6.85. The monoisotopic (exact) mass is 312 g/mol. The minimum Gasteiger partial charge on any atom is -0.275 e. The molecule has 0 atom stereocenters. The SMILES string of the molecule is CONC(=O)n1nnnc1N=Nc1nnnn1C(=O)NOC. The van der Waals surface area contributed by atoms with Gasteiger partial charge in [0.2, 0.25) is 0 Å². The lowest BCUT2D eigenvalue weighted by Crippen LogP contribution is -2.28. The van der Waals surface area contributed by atoms with Gasteiger partial charge in [-0.1, -0.05) is 10.2 Å². The average Bonchev–Trinajstić information content (AvgIpc) is 3.14. The average molecular weight is 312 g/mol. The Balaban J connectivity index is 2.20. The van der Waals surface area contributed by atoms with Gasteiger partial charge >= 0.3 is 12.1 Å². The summed E-state index contributed by atoms with van der Waals surface area (Å²) in [5.41, 5.74) is 3.96. The summed E-state index contributed by atoms with van der Waals surface area (Å²) in [6.45, 7) is 0. The number of hydroxylamine groups is 2. The molecule has 2 rings (SSSR count). The zero-order chi connectivity index (χ0) is 15.9. The Hall–Kier alpha value is -3.40. The highest BCUT2D eigenvalue weighted by Crippen LogP contribution is 2.11. The molecule has 0 saturated heterocycles. The molecule has 2 aromatic heterocycles. The molecular weight excluding hydrogens is 304 g/mol. The number of nitrogens with one attached hydrogen (secondary N) is 2. The van der Waals surface area contributed by atoms with Gasteiger partial charge in [0.15, 0.2) is 0 Å². The van der Waals surface area contributed by atoms with Crippen molar-refractivity contribution < 1.29 is 19.3 Å². The van der Waals surface area contributed by atoms with Gasteiger partial charge in [0.05, 0.1) is 14.2 Å². The normalized spacial score (nSPS) is 10.8. The number of hydrogen-bond acceptors (Lipinski definition) is 12. The molecule has 2 amide bonds. The number of carbonyl (C=O) groups excluding carboxylic acids is 2. The first-order valence-electron chi connectivity index (χ1n) is 5.32. The second-order valence-corrected chi connectivity index (χ2v) is 3.20. The predicted octanol–water partition coefficient (Wildman–Crippen LogP) is -1.69. The van der Waals surface area contributed by atoms with Crippen LogP contribution in [0.5, 0.6) is 0 Å². The van der Waals surface area contributed by atoms with Crippen LogP contribution in [0.3, 0.4) is 0 Å². The van der Waals surface area contributed by atoms with Crippen molar-refractivity contribution in [2.75, 3.05) is 14.2 Å². The van der Waals surface area contributed by atoms with Crippen LogP contribution in [0.1, 0.15) is 0 Å². The number of amides is 2. The fourth-order valence-electron chi connectivity index (χ4n) is 1.10. The first-order chi connectivity index (χ1) is 10.7. The Morgan fingerprint density at radius 1 is 0.909 bits per heavy atom. The number of aromatic nitrogens is 8. The maximum atomic E-state index is 11.5. The van der Waals surface area contributed by atoms with Gasteiger partial charge in [-0.15, -0.1) is 19.6 Å². The third kappa shape index (κ3) is 3.19. The Morgan fingerprint density at radius 3 is 1.68 bits per heavy atom. The first kappa shape index (κ1) is 15.0. The van der Waals surface area contributed by atoms with Crippen molar-refractivity contribution in [3.63, 3.8) is 0 Å². The zero-order valence-corrected chi connectivity index (χ0v) is 11.1. The van der Waals surface area contributed by atoms with Crippen molar-refractivity contribution in [1.82, 2.24) is 51.4 Å². The molecule has 2 aromatic rings. The minimum absolute atomic E-state index is 0.295. The summed E-state index contributed by atoms with van der Waals surface area (Å²) >= 11 is 0. The Labute approximate surface area is 120 Å². The molecule has 16 nitrogen and oxygen atoms in total. The largest absolute Gasteiger partial charge is 0.370 e. The van der Waals surface area contributed by atoms with Gasteiger partial charge in [0.1, 0.15) is 0 Å². The molecule has 0 aliphatic heterocycles. The number of azo groups is 1. The molecule has 22 heavy (non-hydrogen) atoms. The van der Waals surface area contributed by atoms with Crippen LogP contribution in [0, 0.1) is 0 Å². The van der Waals surface area contributed by atoms with E-state index in [-0.39, 0.29) is 11.9 Å². The standard InChI is InChI=1S/C6H8N12O4/c1-21-11-5(19)17-3(9-13-15-17)7-8-4-10-14-16-18(4)6(20)12-22-2/h1-2H3,(H,11,19)(H,12,20). The zero-order valence-electron chi connectivity index (χ0n) is 11.1. The molecule has 2 N–H and O–H groups in total. The number of nitrogens with zero attached hydrogens (tertiary/aromatic N) is 10. The molecule has 0 fully saturated rings. The van der Waals surface area contributed by atoms with E-state index in [9.17, 15) is 9.59 Å². The van der Waals surface area contributed by atoms with Crippen LogP contribution < -0.4 is 11.0 Å². The van der Waals surface area contributed by atoms with Crippen LogP contribution in [0.15, 0.2) is 10.2 Å². The lowest BCUT2D eigenvalue weighted by Gasteiger charge is -2.00. The summed E-state index contributed by atoms with van der Waals surface area (Å²) in [5.74, 6) is -0.590. The van der Waals surface area contributed by atoms with Gasteiger partial charge < -0.3 is 0 Å². The Kier molecular flexibility index (Phi) is 4.67. The molecule has 0 aliphatic carbocycles. The Morgan fingerprint density at radius 2 is 1.32 bits per heavy atom. The van der Waals surface area contributed by atoms with Crippen LogP contribution in [0.4, 0.5) is 21.5 Å². The summed E-state index contributed by atoms with van der Waals surface area (Å²) in [4.78, 5) is 31.8. The topological polar surface area (TPSA) is 189 Å². The molecule has 116 valence electrons. The van der Waals surface area contributed by atoms with Crippen LogP contribution >= 0.6 is 0 Å². The maximum Gasteiger partial charge on any atom is 0.370 e. The van der Waals surface area contributed by atoms with Crippen LogP contribution in [-0.4, -0.2) is 66.7 Å². The smallest absolute Gasteiger partial charge is 0.275 e. The van der Waals surface area contributed by atoms with E-state index in [4.69, 9.17) is 0 Å². The van der Waals surface area contributed by atoms with E-state index in [2.05, 4.69) is 51.0 Å². The highest BCUT2D eigenvalue weighted by molar-refractivity contribution is 5.77. The van der Waals surface area contributed by atoms with Crippen molar-refractivity contribution >= 4 is 24.0 Å². The van der Waals surface area contributed by atoms with E-state index < -0.39 is 12.1 Å². The molecule has 0 saturated carbocycles. The third-order valence-corrected chi connectivity index (χ3v) is 1.90. The molecule has 0 aromatic carbocycles. The first-order valence-corrected chi connectivity index (χ1v) is 5.32. The van der Waals surface area contributed by atoms with Crippen molar-refractivity contribution in [2.24, 2.45) is 10.2 Å². The molecule has 0 bridgehead atoms. The summed E-state index contributed by atoms with van der Waals surface area (Å²) in [5, 5.41) is 27.3. The molecule has 0 radical (unpaired) electrons. The van der Waals surface area contributed by atoms with Gasteiger partial charge in [0.25, 0.3) is 11.9 Å². The molecule has 0 unspecified atom stereocenters. The Bertz CT molecular complexity index is 631. The van der Waals surface area contributed by atoms with Crippen molar-refractivity contribution in [3.8, 4) is 0 Å². The summed E-state index contributed by atoms with van der Waals surface area (Å²) in [6, 6.07) is -1.61. The molecule has 2 heterocycles. The van der Waals surface area contributed by atoms with Crippen LogP contribution in [0.25, 0.3) is 0 Å². The number of rotatable bonds is 4. The maximum absolute atomic E-state index is 11.5. The molecule has 0 aliphatic rings. The fourth-order valence-corrected chi connectivity index (χ4v) is 1.10. The molecule has 16 heteroatoms. The van der Waals surface area contributed by atoms with E-state index in [1.54, 1.807) is 0 Å². The lowest BCUT2D eigenvalue weighted by molar-refractivity contribution is 0.106. The van der Waals surface area contributed by atoms with E-state index in [1.807, 2.05) is 11.0 Å². The summed E-state index contributed by atoms with van der Waals surface area (Å²) in [7, 11) is 2.46. The van der Waals surface area contributed by atoms with Gasteiger partial charge in [-0.05, 0) is 20.9 Å². The van der Waals surface area contributed by atoms with Crippen molar-refractivity contribution in [1.29, 1.82) is 0 Å². The van der Waals surface area contributed by atoms with E-state index >= 15 is 0 Å².